The summed E-state index contributed by atoms with van der Waals surface area (Å²) in [7, 11) is 0. The summed E-state index contributed by atoms with van der Waals surface area (Å²) >= 11 is 3.06. The van der Waals surface area contributed by atoms with E-state index in [2.05, 4.69) is 15.9 Å². The number of phenols is 2. The first-order chi connectivity index (χ1) is 7.45. The number of halogens is 1. The van der Waals surface area contributed by atoms with Gasteiger partial charge in [-0.05, 0) is 35.0 Å². The largest absolute Gasteiger partial charge is 0.507 e. The van der Waals surface area contributed by atoms with Crippen LogP contribution < -0.4 is 0 Å². The van der Waals surface area contributed by atoms with E-state index in [4.69, 9.17) is 0 Å². The molecule has 0 spiro atoms. The Labute approximate surface area is 99.3 Å². The van der Waals surface area contributed by atoms with Crippen molar-refractivity contribution in [1.82, 2.24) is 0 Å². The molecule has 0 aliphatic heterocycles. The van der Waals surface area contributed by atoms with Crippen molar-refractivity contribution < 1.29 is 19.8 Å². The predicted molar refractivity (Wildman–Crippen MR) is 60.0 cm³/mol. The number of phenolic OH excluding ortho intramolecular Hbond substituents is 2. The number of rotatable bonds is 0. The SMILES string of the molecule is Cc1c(O)c2c(c(O)c1Br)C(=O)C=CC2=O. The highest BCUT2D eigenvalue weighted by molar-refractivity contribution is 9.10. The number of carbonyl (C=O) groups excluding carboxylic acids is 2. The maximum absolute atomic E-state index is 11.5. The molecule has 0 aromatic heterocycles. The second-order valence-electron chi connectivity index (χ2n) is 3.45. The van der Waals surface area contributed by atoms with E-state index in [1.807, 2.05) is 0 Å². The molecule has 0 bridgehead atoms. The van der Waals surface area contributed by atoms with Gasteiger partial charge in [-0.15, -0.1) is 0 Å². The van der Waals surface area contributed by atoms with Gasteiger partial charge in [0.25, 0.3) is 0 Å². The minimum atomic E-state index is -0.497. The topological polar surface area (TPSA) is 74.6 Å². The molecule has 5 heteroatoms. The van der Waals surface area contributed by atoms with Crippen molar-refractivity contribution in [1.29, 1.82) is 0 Å². The van der Waals surface area contributed by atoms with Gasteiger partial charge >= 0.3 is 0 Å². The van der Waals surface area contributed by atoms with Crippen LogP contribution >= 0.6 is 15.9 Å². The Morgan fingerprint density at radius 2 is 1.44 bits per heavy atom. The van der Waals surface area contributed by atoms with E-state index < -0.39 is 11.6 Å². The van der Waals surface area contributed by atoms with Gasteiger partial charge in [-0.1, -0.05) is 0 Å². The molecule has 1 aliphatic carbocycles. The van der Waals surface area contributed by atoms with Crippen LogP contribution in [0.1, 0.15) is 26.3 Å². The minimum absolute atomic E-state index is 0.134. The number of allylic oxidation sites excluding steroid dienone is 2. The summed E-state index contributed by atoms with van der Waals surface area (Å²) in [5.74, 6) is -1.57. The number of benzene rings is 1. The van der Waals surface area contributed by atoms with Crippen LogP contribution in [0.2, 0.25) is 0 Å². The second-order valence-corrected chi connectivity index (χ2v) is 4.24. The summed E-state index contributed by atoms with van der Waals surface area (Å²) < 4.78 is 0.222. The van der Waals surface area contributed by atoms with Crippen molar-refractivity contribution in [2.24, 2.45) is 0 Å². The van der Waals surface area contributed by atoms with E-state index in [-0.39, 0.29) is 27.1 Å². The van der Waals surface area contributed by atoms with Gasteiger partial charge in [-0.2, -0.15) is 0 Å². The van der Waals surface area contributed by atoms with Crippen molar-refractivity contribution in [2.45, 2.75) is 6.92 Å². The summed E-state index contributed by atoms with van der Waals surface area (Å²) in [6.45, 7) is 1.54. The predicted octanol–water partition coefficient (Wildman–Crippen LogP) is 2.10. The average molecular weight is 283 g/mol. The molecule has 2 N–H and O–H groups in total. The van der Waals surface area contributed by atoms with Crippen LogP contribution in [-0.2, 0) is 0 Å². The zero-order chi connectivity index (χ0) is 12.0. The fourth-order valence-corrected chi connectivity index (χ4v) is 2.00. The number of ketones is 2. The van der Waals surface area contributed by atoms with Gasteiger partial charge in [0.1, 0.15) is 11.5 Å². The molecule has 0 atom stereocenters. The van der Waals surface area contributed by atoms with Gasteiger partial charge < -0.3 is 10.2 Å². The van der Waals surface area contributed by atoms with Crippen LogP contribution in [0.25, 0.3) is 0 Å². The Kier molecular flexibility index (Phi) is 2.35. The lowest BCUT2D eigenvalue weighted by atomic mass is 9.91. The van der Waals surface area contributed by atoms with E-state index in [0.29, 0.717) is 5.56 Å². The lowest BCUT2D eigenvalue weighted by molar-refractivity contribution is 0.0989. The Balaban J connectivity index is 2.94. The molecule has 16 heavy (non-hydrogen) atoms. The summed E-state index contributed by atoms with van der Waals surface area (Å²) in [5.41, 5.74) is 0.0425. The fourth-order valence-electron chi connectivity index (χ4n) is 1.61. The van der Waals surface area contributed by atoms with Gasteiger partial charge in [0, 0.05) is 5.56 Å². The number of hydrogen-bond donors (Lipinski definition) is 2. The van der Waals surface area contributed by atoms with Gasteiger partial charge in [-0.3, -0.25) is 9.59 Å². The molecule has 1 aromatic rings. The Morgan fingerprint density at radius 1 is 1.00 bits per heavy atom. The molecular formula is C11H7BrO4. The summed E-state index contributed by atoms with van der Waals surface area (Å²) in [6.07, 6.45) is 2.16. The highest BCUT2D eigenvalue weighted by Gasteiger charge is 2.29. The van der Waals surface area contributed by atoms with E-state index in [1.165, 1.54) is 6.92 Å². The van der Waals surface area contributed by atoms with E-state index >= 15 is 0 Å². The molecule has 0 unspecified atom stereocenters. The first-order valence-corrected chi connectivity index (χ1v) is 5.25. The molecule has 4 nitrogen and oxygen atoms in total. The maximum Gasteiger partial charge on any atom is 0.190 e. The Morgan fingerprint density at radius 3 is 1.94 bits per heavy atom. The number of carbonyl (C=O) groups is 2. The van der Waals surface area contributed by atoms with Gasteiger partial charge in [0.15, 0.2) is 11.6 Å². The molecule has 1 aromatic carbocycles. The summed E-state index contributed by atoms with van der Waals surface area (Å²) in [4.78, 5) is 23.1. The highest BCUT2D eigenvalue weighted by Crippen LogP contribution is 2.42. The Hall–Kier alpha value is -1.62. The van der Waals surface area contributed by atoms with Crippen molar-refractivity contribution in [3.05, 3.63) is 33.3 Å². The van der Waals surface area contributed by atoms with Crippen LogP contribution in [0.15, 0.2) is 16.6 Å². The van der Waals surface area contributed by atoms with Gasteiger partial charge in [-0.25, -0.2) is 0 Å². The monoisotopic (exact) mass is 282 g/mol. The molecule has 1 aliphatic rings. The summed E-state index contributed by atoms with van der Waals surface area (Å²) in [5, 5.41) is 19.6. The number of aromatic hydroxyl groups is 2. The lowest BCUT2D eigenvalue weighted by Crippen LogP contribution is -2.13. The molecule has 2 rings (SSSR count). The standard InChI is InChI=1S/C11H7BrO4/c1-4-9(12)11(16)8-6(14)3-2-5(13)7(8)10(4)15/h2-3,15-16H,1H3. The van der Waals surface area contributed by atoms with Crippen LogP contribution in [0.3, 0.4) is 0 Å². The minimum Gasteiger partial charge on any atom is -0.507 e. The van der Waals surface area contributed by atoms with Crippen molar-refractivity contribution in [3.63, 3.8) is 0 Å². The molecule has 0 saturated carbocycles. The quantitative estimate of drug-likeness (QED) is 0.715. The first-order valence-electron chi connectivity index (χ1n) is 4.46. The zero-order valence-electron chi connectivity index (χ0n) is 8.24. The molecule has 0 saturated heterocycles. The molecule has 0 amide bonds. The number of fused-ring (bicyclic) bond motifs is 1. The summed E-state index contributed by atoms with van der Waals surface area (Å²) in [6, 6.07) is 0. The Bertz CT molecular complexity index is 509. The van der Waals surface area contributed by atoms with Gasteiger partial charge in [0.05, 0.1) is 15.6 Å². The lowest BCUT2D eigenvalue weighted by Gasteiger charge is -2.16. The van der Waals surface area contributed by atoms with Crippen molar-refractivity contribution >= 4 is 27.5 Å². The van der Waals surface area contributed by atoms with Crippen molar-refractivity contribution in [3.8, 4) is 11.5 Å². The molecule has 0 fully saturated rings. The third-order valence-corrected chi connectivity index (χ3v) is 3.47. The van der Waals surface area contributed by atoms with E-state index in [1.54, 1.807) is 0 Å². The highest BCUT2D eigenvalue weighted by atomic mass is 79.9. The van der Waals surface area contributed by atoms with Crippen LogP contribution in [0, 0.1) is 6.92 Å². The van der Waals surface area contributed by atoms with E-state index in [0.717, 1.165) is 12.2 Å². The zero-order valence-corrected chi connectivity index (χ0v) is 9.83. The molecule has 0 radical (unpaired) electrons. The molecular weight excluding hydrogens is 276 g/mol. The third kappa shape index (κ3) is 1.28. The number of hydrogen-bond acceptors (Lipinski definition) is 4. The average Bonchev–Trinajstić information content (AvgIpc) is 2.26. The van der Waals surface area contributed by atoms with Gasteiger partial charge in [0.2, 0.25) is 0 Å². The molecule has 0 heterocycles. The molecule has 82 valence electrons. The second kappa shape index (κ2) is 3.45. The van der Waals surface area contributed by atoms with Crippen LogP contribution in [0.4, 0.5) is 0 Å². The maximum atomic E-state index is 11.5. The first kappa shape index (κ1) is 10.9. The van der Waals surface area contributed by atoms with Crippen LogP contribution in [0.5, 0.6) is 11.5 Å². The fraction of sp³-hybridized carbons (Fsp3) is 0.0909. The smallest absolute Gasteiger partial charge is 0.190 e. The third-order valence-electron chi connectivity index (χ3n) is 2.49. The van der Waals surface area contributed by atoms with E-state index in [9.17, 15) is 19.8 Å². The van der Waals surface area contributed by atoms with Crippen LogP contribution in [-0.4, -0.2) is 21.8 Å². The normalized spacial score (nSPS) is 14.1. The van der Waals surface area contributed by atoms with Crippen molar-refractivity contribution in [2.75, 3.05) is 0 Å².